The Balaban J connectivity index is 1.52. The molecule has 3 aliphatic rings. The molecular formula is C24H36N2O2. The monoisotopic (exact) mass is 384 g/mol. The average molecular weight is 385 g/mol. The molecule has 0 radical (unpaired) electrons. The molecule has 0 aromatic heterocycles. The van der Waals surface area contributed by atoms with E-state index in [0.717, 1.165) is 38.0 Å². The highest BCUT2D eigenvalue weighted by Crippen LogP contribution is 2.44. The van der Waals surface area contributed by atoms with Crippen molar-refractivity contribution in [2.45, 2.75) is 76.5 Å². The second kappa shape index (κ2) is 8.54. The second-order valence-corrected chi connectivity index (χ2v) is 9.27. The Morgan fingerprint density at radius 3 is 2.61 bits per heavy atom. The minimum atomic E-state index is 0.0606. The van der Waals surface area contributed by atoms with Gasteiger partial charge in [0, 0.05) is 25.2 Å². The van der Waals surface area contributed by atoms with E-state index < -0.39 is 0 Å². The molecule has 1 aromatic rings. The van der Waals surface area contributed by atoms with Gasteiger partial charge in [-0.15, -0.1) is 0 Å². The van der Waals surface area contributed by atoms with Crippen molar-refractivity contribution in [3.05, 3.63) is 35.9 Å². The largest absolute Gasteiger partial charge is 0.375 e. The van der Waals surface area contributed by atoms with Crippen molar-refractivity contribution >= 4 is 5.91 Å². The summed E-state index contributed by atoms with van der Waals surface area (Å²) >= 11 is 0. The molecule has 2 aliphatic heterocycles. The van der Waals surface area contributed by atoms with Crippen molar-refractivity contribution < 1.29 is 9.53 Å². The number of likely N-dealkylation sites (tertiary alicyclic amines) is 1. The Labute approximate surface area is 170 Å². The van der Waals surface area contributed by atoms with Gasteiger partial charge >= 0.3 is 0 Å². The molecule has 4 unspecified atom stereocenters. The SMILES string of the molecule is CCN(C(=O)Cc1ccccc1)C1CCC2(CC(C)CO2)CC1N1CCCC1. The summed E-state index contributed by atoms with van der Waals surface area (Å²) in [6.45, 7) is 8.51. The zero-order valence-corrected chi connectivity index (χ0v) is 17.6. The third kappa shape index (κ3) is 4.13. The number of likely N-dealkylation sites (N-methyl/N-ethyl adjacent to an activating group) is 1. The number of nitrogens with zero attached hydrogens (tertiary/aromatic N) is 2. The number of ether oxygens (including phenoxy) is 1. The fourth-order valence-corrected chi connectivity index (χ4v) is 5.89. The number of rotatable bonds is 5. The normalized spacial score (nSPS) is 33.4. The standard InChI is InChI=1S/C24H36N2O2/c1-3-26(23(27)15-20-9-5-4-6-10-20)21-11-12-24(16-19(2)18-28-24)17-22(21)25-13-7-8-14-25/h4-6,9-10,19,21-22H,3,7-8,11-18H2,1-2H3. The minimum absolute atomic E-state index is 0.0606. The molecule has 2 saturated heterocycles. The van der Waals surface area contributed by atoms with Crippen molar-refractivity contribution in [3.8, 4) is 0 Å². The highest BCUT2D eigenvalue weighted by atomic mass is 16.5. The number of benzene rings is 1. The Morgan fingerprint density at radius 2 is 1.96 bits per heavy atom. The van der Waals surface area contributed by atoms with Crippen LogP contribution in [0.15, 0.2) is 30.3 Å². The number of hydrogen-bond donors (Lipinski definition) is 0. The van der Waals surface area contributed by atoms with Crippen LogP contribution >= 0.6 is 0 Å². The lowest BCUT2D eigenvalue weighted by atomic mass is 9.75. The molecule has 4 nitrogen and oxygen atoms in total. The van der Waals surface area contributed by atoms with Gasteiger partial charge in [-0.25, -0.2) is 0 Å². The van der Waals surface area contributed by atoms with Gasteiger partial charge in [-0.1, -0.05) is 37.3 Å². The van der Waals surface area contributed by atoms with Crippen molar-refractivity contribution in [2.75, 3.05) is 26.2 Å². The summed E-state index contributed by atoms with van der Waals surface area (Å²) in [5.74, 6) is 0.942. The molecule has 1 saturated carbocycles. The fraction of sp³-hybridized carbons (Fsp3) is 0.708. The minimum Gasteiger partial charge on any atom is -0.375 e. The van der Waals surface area contributed by atoms with Gasteiger partial charge in [0.2, 0.25) is 5.91 Å². The third-order valence-electron chi connectivity index (χ3n) is 7.18. The van der Waals surface area contributed by atoms with Crippen LogP contribution < -0.4 is 0 Å². The number of carbonyl (C=O) groups is 1. The van der Waals surface area contributed by atoms with E-state index in [4.69, 9.17) is 4.74 Å². The summed E-state index contributed by atoms with van der Waals surface area (Å²) < 4.78 is 6.37. The van der Waals surface area contributed by atoms with E-state index in [0.29, 0.717) is 24.4 Å². The van der Waals surface area contributed by atoms with Crippen LogP contribution in [0.5, 0.6) is 0 Å². The zero-order chi connectivity index (χ0) is 19.6. The molecule has 0 N–H and O–H groups in total. The first-order valence-corrected chi connectivity index (χ1v) is 11.3. The van der Waals surface area contributed by atoms with Gasteiger partial charge in [0.1, 0.15) is 0 Å². The summed E-state index contributed by atoms with van der Waals surface area (Å²) in [5.41, 5.74) is 1.18. The molecule has 1 aliphatic carbocycles. The third-order valence-corrected chi connectivity index (χ3v) is 7.18. The van der Waals surface area contributed by atoms with Crippen LogP contribution in [0.3, 0.4) is 0 Å². The smallest absolute Gasteiger partial charge is 0.227 e. The maximum Gasteiger partial charge on any atom is 0.227 e. The summed E-state index contributed by atoms with van der Waals surface area (Å²) in [6, 6.07) is 11.0. The van der Waals surface area contributed by atoms with E-state index in [-0.39, 0.29) is 11.5 Å². The Bertz CT molecular complexity index is 658. The van der Waals surface area contributed by atoms with Crippen molar-refractivity contribution in [2.24, 2.45) is 5.92 Å². The summed E-state index contributed by atoms with van der Waals surface area (Å²) in [4.78, 5) is 18.1. The molecule has 2 heterocycles. The van der Waals surface area contributed by atoms with Gasteiger partial charge < -0.3 is 9.64 Å². The molecule has 4 atom stereocenters. The predicted octanol–water partition coefficient (Wildman–Crippen LogP) is 3.89. The van der Waals surface area contributed by atoms with E-state index in [2.05, 4.69) is 35.8 Å². The van der Waals surface area contributed by atoms with Crippen molar-refractivity contribution in [1.82, 2.24) is 9.80 Å². The lowest BCUT2D eigenvalue weighted by Crippen LogP contribution is -2.59. The number of carbonyl (C=O) groups excluding carboxylic acids is 1. The molecule has 3 fully saturated rings. The van der Waals surface area contributed by atoms with Gasteiger partial charge in [-0.3, -0.25) is 9.69 Å². The maximum atomic E-state index is 13.2. The molecule has 0 bridgehead atoms. The van der Waals surface area contributed by atoms with Gasteiger partial charge in [0.25, 0.3) is 0 Å². The topological polar surface area (TPSA) is 32.8 Å². The molecule has 1 amide bonds. The van der Waals surface area contributed by atoms with E-state index in [1.54, 1.807) is 0 Å². The van der Waals surface area contributed by atoms with E-state index >= 15 is 0 Å². The van der Waals surface area contributed by atoms with Crippen LogP contribution in [0.25, 0.3) is 0 Å². The molecule has 4 heteroatoms. The first kappa shape index (κ1) is 19.9. The zero-order valence-electron chi connectivity index (χ0n) is 17.6. The maximum absolute atomic E-state index is 13.2. The van der Waals surface area contributed by atoms with Crippen LogP contribution in [0, 0.1) is 5.92 Å². The first-order chi connectivity index (χ1) is 13.6. The van der Waals surface area contributed by atoms with E-state index in [1.165, 1.54) is 32.4 Å². The summed E-state index contributed by atoms with van der Waals surface area (Å²) in [6.07, 6.45) is 7.54. The molecule has 1 aromatic carbocycles. The molecular weight excluding hydrogens is 348 g/mol. The average Bonchev–Trinajstić information content (AvgIpc) is 3.35. The summed E-state index contributed by atoms with van der Waals surface area (Å²) in [7, 11) is 0. The lowest BCUT2D eigenvalue weighted by molar-refractivity contribution is -0.138. The fourth-order valence-electron chi connectivity index (χ4n) is 5.89. The van der Waals surface area contributed by atoms with Crippen LogP contribution in [-0.4, -0.2) is 59.6 Å². The molecule has 4 rings (SSSR count). The van der Waals surface area contributed by atoms with E-state index in [9.17, 15) is 4.79 Å². The summed E-state index contributed by atoms with van der Waals surface area (Å²) in [5, 5.41) is 0. The van der Waals surface area contributed by atoms with Crippen molar-refractivity contribution in [1.29, 1.82) is 0 Å². The van der Waals surface area contributed by atoms with Gasteiger partial charge in [-0.05, 0) is 70.0 Å². The second-order valence-electron chi connectivity index (χ2n) is 9.27. The van der Waals surface area contributed by atoms with E-state index in [1.807, 2.05) is 18.2 Å². The van der Waals surface area contributed by atoms with Gasteiger partial charge in [-0.2, -0.15) is 0 Å². The molecule has 1 spiro atoms. The quantitative estimate of drug-likeness (QED) is 0.772. The van der Waals surface area contributed by atoms with Crippen LogP contribution in [0.4, 0.5) is 0 Å². The van der Waals surface area contributed by atoms with Gasteiger partial charge in [0.05, 0.1) is 12.0 Å². The molecule has 28 heavy (non-hydrogen) atoms. The Kier molecular flexibility index (Phi) is 6.07. The van der Waals surface area contributed by atoms with Crippen molar-refractivity contribution in [3.63, 3.8) is 0 Å². The number of hydrogen-bond acceptors (Lipinski definition) is 3. The highest BCUT2D eigenvalue weighted by molar-refractivity contribution is 5.79. The Morgan fingerprint density at radius 1 is 1.21 bits per heavy atom. The van der Waals surface area contributed by atoms with Gasteiger partial charge in [0.15, 0.2) is 0 Å². The van der Waals surface area contributed by atoms with Crippen LogP contribution in [-0.2, 0) is 16.0 Å². The number of amides is 1. The van der Waals surface area contributed by atoms with Crippen LogP contribution in [0.2, 0.25) is 0 Å². The first-order valence-electron chi connectivity index (χ1n) is 11.3. The molecule has 154 valence electrons. The highest BCUT2D eigenvalue weighted by Gasteiger charge is 2.49. The predicted molar refractivity (Wildman–Crippen MR) is 112 cm³/mol. The Hall–Kier alpha value is -1.39. The lowest BCUT2D eigenvalue weighted by Gasteiger charge is -2.49. The van der Waals surface area contributed by atoms with Crippen LogP contribution in [0.1, 0.15) is 57.9 Å².